The smallest absolute Gasteiger partial charge is 0.266 e. The van der Waals surface area contributed by atoms with Gasteiger partial charge in [-0.25, -0.2) is 8.42 Å². The van der Waals surface area contributed by atoms with Crippen LogP contribution in [0, 0.1) is 0 Å². The summed E-state index contributed by atoms with van der Waals surface area (Å²) < 4.78 is 27.2. The second-order valence-electron chi connectivity index (χ2n) is 5.31. The summed E-state index contributed by atoms with van der Waals surface area (Å²) in [5.41, 5.74) is 6.65. The van der Waals surface area contributed by atoms with Gasteiger partial charge in [-0.15, -0.1) is 0 Å². The molecule has 1 aromatic carbocycles. The van der Waals surface area contributed by atoms with Crippen molar-refractivity contribution in [2.75, 3.05) is 13.1 Å². The van der Waals surface area contributed by atoms with Crippen molar-refractivity contribution in [3.8, 4) is 0 Å². The van der Waals surface area contributed by atoms with Crippen molar-refractivity contribution in [2.45, 2.75) is 17.7 Å². The Hall–Kier alpha value is -2.12. The van der Waals surface area contributed by atoms with Crippen LogP contribution in [0.3, 0.4) is 0 Å². The van der Waals surface area contributed by atoms with E-state index in [9.17, 15) is 13.2 Å². The molecular formula is C15H17N3O3S. The molecule has 0 spiro atoms. The monoisotopic (exact) mass is 319 g/mol. The molecule has 1 fully saturated rings. The molecule has 0 bridgehead atoms. The van der Waals surface area contributed by atoms with Crippen LogP contribution < -0.4 is 5.73 Å². The van der Waals surface area contributed by atoms with Crippen LogP contribution in [0.2, 0.25) is 0 Å². The van der Waals surface area contributed by atoms with E-state index in [1.165, 1.54) is 4.31 Å². The average Bonchev–Trinajstić information content (AvgIpc) is 3.14. The predicted molar refractivity (Wildman–Crippen MR) is 84.9 cm³/mol. The van der Waals surface area contributed by atoms with Gasteiger partial charge in [0.05, 0.1) is 0 Å². The highest BCUT2D eigenvalue weighted by Crippen LogP contribution is 2.32. The number of carbonyl (C=O) groups excluding carboxylic acids is 1. The van der Waals surface area contributed by atoms with Gasteiger partial charge in [-0.1, -0.05) is 18.7 Å². The van der Waals surface area contributed by atoms with E-state index in [2.05, 4.69) is 11.6 Å². The zero-order valence-corrected chi connectivity index (χ0v) is 12.8. The average molecular weight is 319 g/mol. The van der Waals surface area contributed by atoms with E-state index in [0.29, 0.717) is 24.0 Å². The molecule has 1 aliphatic rings. The molecule has 0 unspecified atom stereocenters. The highest BCUT2D eigenvalue weighted by Gasteiger charge is 2.33. The molecule has 3 rings (SSSR count). The van der Waals surface area contributed by atoms with Crippen molar-refractivity contribution in [1.82, 2.24) is 9.29 Å². The van der Waals surface area contributed by atoms with E-state index in [4.69, 9.17) is 5.73 Å². The van der Waals surface area contributed by atoms with E-state index in [1.54, 1.807) is 24.3 Å². The van der Waals surface area contributed by atoms with E-state index in [0.717, 1.165) is 18.4 Å². The van der Waals surface area contributed by atoms with Crippen molar-refractivity contribution in [3.63, 3.8) is 0 Å². The third-order valence-electron chi connectivity index (χ3n) is 3.92. The van der Waals surface area contributed by atoms with E-state index < -0.39 is 15.9 Å². The molecule has 2 heterocycles. The number of aromatic amines is 1. The second-order valence-corrected chi connectivity index (χ2v) is 7.19. The van der Waals surface area contributed by atoms with Gasteiger partial charge in [0, 0.05) is 24.0 Å². The number of hydrogen-bond donors (Lipinski definition) is 2. The Morgan fingerprint density at radius 3 is 2.59 bits per heavy atom. The van der Waals surface area contributed by atoms with Gasteiger partial charge in [0.25, 0.3) is 5.91 Å². The lowest BCUT2D eigenvalue weighted by molar-refractivity contribution is 0.0993. The minimum Gasteiger partial charge on any atom is -0.364 e. The summed E-state index contributed by atoms with van der Waals surface area (Å²) in [6.07, 6.45) is 3.28. The van der Waals surface area contributed by atoms with Crippen molar-refractivity contribution in [1.29, 1.82) is 0 Å². The molecule has 1 aromatic heterocycles. The molecule has 3 N–H and O–H groups in total. The third kappa shape index (κ3) is 2.22. The summed E-state index contributed by atoms with van der Waals surface area (Å²) >= 11 is 0. The number of H-pyrrole nitrogens is 1. The zero-order valence-electron chi connectivity index (χ0n) is 12.0. The van der Waals surface area contributed by atoms with Crippen LogP contribution in [-0.4, -0.2) is 36.7 Å². The Morgan fingerprint density at radius 1 is 1.32 bits per heavy atom. The first-order valence-corrected chi connectivity index (χ1v) is 8.47. The SMILES string of the molecule is C=Cc1ccc2[nH]c(C(N)=O)c(S(=O)(=O)N3CCCC3)c2c1. The maximum atomic E-state index is 12.9. The van der Waals surface area contributed by atoms with Gasteiger partial charge in [0.15, 0.2) is 0 Å². The molecule has 1 saturated heterocycles. The lowest BCUT2D eigenvalue weighted by Gasteiger charge is -2.15. The van der Waals surface area contributed by atoms with Gasteiger partial charge in [-0.2, -0.15) is 4.31 Å². The maximum absolute atomic E-state index is 12.9. The lowest BCUT2D eigenvalue weighted by Crippen LogP contribution is -2.29. The van der Waals surface area contributed by atoms with Crippen molar-refractivity contribution in [3.05, 3.63) is 36.0 Å². The minimum absolute atomic E-state index is 0.0272. The van der Waals surface area contributed by atoms with Crippen LogP contribution in [0.4, 0.5) is 0 Å². The number of nitrogens with two attached hydrogens (primary N) is 1. The molecule has 0 radical (unpaired) electrons. The van der Waals surface area contributed by atoms with E-state index in [-0.39, 0.29) is 10.6 Å². The van der Waals surface area contributed by atoms with Gasteiger partial charge in [-0.05, 0) is 30.5 Å². The number of primary amides is 1. The summed E-state index contributed by atoms with van der Waals surface area (Å²) in [6, 6.07) is 5.22. The minimum atomic E-state index is -3.76. The fraction of sp³-hybridized carbons (Fsp3) is 0.267. The van der Waals surface area contributed by atoms with Crippen LogP contribution in [0.15, 0.2) is 29.7 Å². The second kappa shape index (κ2) is 5.26. The first-order chi connectivity index (χ1) is 10.4. The molecule has 6 nitrogen and oxygen atoms in total. The number of aromatic nitrogens is 1. The van der Waals surface area contributed by atoms with E-state index >= 15 is 0 Å². The number of fused-ring (bicyclic) bond motifs is 1. The first-order valence-electron chi connectivity index (χ1n) is 7.03. The predicted octanol–water partition coefficient (Wildman–Crippen LogP) is 1.69. The van der Waals surface area contributed by atoms with Gasteiger partial charge in [0.2, 0.25) is 10.0 Å². The standard InChI is InChI=1S/C15H17N3O3S/c1-2-10-5-6-12-11(9-10)14(13(17-12)15(16)19)22(20,21)18-7-3-4-8-18/h2,5-6,9,17H,1,3-4,7-8H2,(H2,16,19). The molecule has 116 valence electrons. The highest BCUT2D eigenvalue weighted by atomic mass is 32.2. The quantitative estimate of drug-likeness (QED) is 0.897. The number of nitrogens with one attached hydrogen (secondary N) is 1. The third-order valence-corrected chi connectivity index (χ3v) is 5.90. The highest BCUT2D eigenvalue weighted by molar-refractivity contribution is 7.89. The Kier molecular flexibility index (Phi) is 3.54. The van der Waals surface area contributed by atoms with Crippen LogP contribution in [-0.2, 0) is 10.0 Å². The van der Waals surface area contributed by atoms with E-state index in [1.807, 2.05) is 0 Å². The molecular weight excluding hydrogens is 302 g/mol. The van der Waals surface area contributed by atoms with Gasteiger partial charge in [-0.3, -0.25) is 4.79 Å². The molecule has 0 saturated carbocycles. The number of rotatable bonds is 4. The molecule has 1 aliphatic heterocycles. The molecule has 2 aromatic rings. The summed E-state index contributed by atoms with van der Waals surface area (Å²) in [4.78, 5) is 14.5. The molecule has 0 aliphatic carbocycles. The molecule has 7 heteroatoms. The van der Waals surface area contributed by atoms with Crippen LogP contribution in [0.5, 0.6) is 0 Å². The zero-order chi connectivity index (χ0) is 15.9. The Bertz CT molecular complexity index is 862. The molecule has 22 heavy (non-hydrogen) atoms. The fourth-order valence-electron chi connectivity index (χ4n) is 2.81. The Morgan fingerprint density at radius 2 is 2.00 bits per heavy atom. The number of nitrogens with zero attached hydrogens (tertiary/aromatic N) is 1. The van der Waals surface area contributed by atoms with Crippen LogP contribution in [0.1, 0.15) is 28.9 Å². The summed E-state index contributed by atoms with van der Waals surface area (Å²) in [5, 5.41) is 0.470. The van der Waals surface area contributed by atoms with Gasteiger partial charge in [0.1, 0.15) is 10.6 Å². The largest absolute Gasteiger partial charge is 0.364 e. The van der Waals surface area contributed by atoms with Crippen LogP contribution in [0.25, 0.3) is 17.0 Å². The van der Waals surface area contributed by atoms with Crippen molar-refractivity contribution >= 4 is 32.9 Å². The van der Waals surface area contributed by atoms with Gasteiger partial charge >= 0.3 is 0 Å². The number of carbonyl (C=O) groups is 1. The summed E-state index contributed by atoms with van der Waals surface area (Å²) in [6.45, 7) is 4.62. The number of benzene rings is 1. The number of amides is 1. The summed E-state index contributed by atoms with van der Waals surface area (Å²) in [5.74, 6) is -0.783. The Labute approximate surface area is 128 Å². The van der Waals surface area contributed by atoms with Crippen LogP contribution >= 0.6 is 0 Å². The number of sulfonamides is 1. The summed E-state index contributed by atoms with van der Waals surface area (Å²) in [7, 11) is -3.76. The Balaban J connectivity index is 2.31. The van der Waals surface area contributed by atoms with Crippen molar-refractivity contribution in [2.24, 2.45) is 5.73 Å². The maximum Gasteiger partial charge on any atom is 0.266 e. The normalized spacial score (nSPS) is 16.2. The first kappa shape index (κ1) is 14.8. The van der Waals surface area contributed by atoms with Gasteiger partial charge < -0.3 is 10.7 Å². The lowest BCUT2D eigenvalue weighted by atomic mass is 10.1. The molecule has 0 atom stereocenters. The topological polar surface area (TPSA) is 96.3 Å². The number of hydrogen-bond acceptors (Lipinski definition) is 3. The van der Waals surface area contributed by atoms with Crippen molar-refractivity contribution < 1.29 is 13.2 Å². The molecule has 1 amide bonds. The fourth-order valence-corrected chi connectivity index (χ4v) is 4.66.